The molecule has 19 heavy (non-hydrogen) atoms. The zero-order valence-corrected chi connectivity index (χ0v) is 14.5. The summed E-state index contributed by atoms with van der Waals surface area (Å²) in [6, 6.07) is 6.40. The summed E-state index contributed by atoms with van der Waals surface area (Å²) in [5, 5.41) is 4.24. The molecule has 1 nitrogen and oxygen atoms in total. The first kappa shape index (κ1) is 17.0. The van der Waals surface area contributed by atoms with Crippen molar-refractivity contribution in [1.82, 2.24) is 5.32 Å². The molecular formula is C16H25BrClN. The van der Waals surface area contributed by atoms with Gasteiger partial charge in [-0.15, -0.1) is 0 Å². The number of nitrogens with one attached hydrogen (secondary N) is 1. The average Bonchev–Trinajstić information content (AvgIpc) is 2.42. The molecule has 0 radical (unpaired) electrons. The van der Waals surface area contributed by atoms with Crippen LogP contribution in [-0.4, -0.2) is 7.05 Å². The van der Waals surface area contributed by atoms with E-state index in [4.69, 9.17) is 11.6 Å². The van der Waals surface area contributed by atoms with Crippen LogP contribution in [0.1, 0.15) is 57.6 Å². The summed E-state index contributed by atoms with van der Waals surface area (Å²) in [5.41, 5.74) is 1.27. The van der Waals surface area contributed by atoms with Gasteiger partial charge in [0.2, 0.25) is 0 Å². The van der Waals surface area contributed by atoms with Gasteiger partial charge in [-0.2, -0.15) is 0 Å². The maximum absolute atomic E-state index is 6.12. The predicted molar refractivity (Wildman–Crippen MR) is 88.9 cm³/mol. The first-order valence-electron chi connectivity index (χ1n) is 7.24. The van der Waals surface area contributed by atoms with Crippen molar-refractivity contribution < 1.29 is 0 Å². The van der Waals surface area contributed by atoms with Crippen LogP contribution in [0.5, 0.6) is 0 Å². The van der Waals surface area contributed by atoms with E-state index in [1.54, 1.807) is 0 Å². The zero-order valence-electron chi connectivity index (χ0n) is 12.2. The van der Waals surface area contributed by atoms with Crippen LogP contribution in [0.15, 0.2) is 22.7 Å². The molecule has 0 heterocycles. The van der Waals surface area contributed by atoms with E-state index < -0.39 is 0 Å². The molecular weight excluding hydrogens is 322 g/mol. The van der Waals surface area contributed by atoms with Crippen LogP contribution in [0, 0.1) is 5.92 Å². The standard InChI is InChI=1S/C16H25BrClN/c1-4-6-7-12(5-2)10-16(19-3)14-11-13(18)8-9-15(14)17/h8-9,11-12,16,19H,4-7,10H2,1-3H3. The largest absolute Gasteiger partial charge is 0.313 e. The van der Waals surface area contributed by atoms with E-state index in [9.17, 15) is 0 Å². The molecule has 0 aliphatic carbocycles. The molecule has 1 aromatic rings. The number of rotatable bonds is 8. The maximum atomic E-state index is 6.12. The van der Waals surface area contributed by atoms with Crippen LogP contribution in [0.2, 0.25) is 5.02 Å². The second kappa shape index (κ2) is 8.99. The fourth-order valence-electron chi connectivity index (χ4n) is 2.50. The maximum Gasteiger partial charge on any atom is 0.0410 e. The predicted octanol–water partition coefficient (Wildman–Crippen LogP) is 5.97. The fraction of sp³-hybridized carbons (Fsp3) is 0.625. The van der Waals surface area contributed by atoms with Gasteiger partial charge in [-0.1, -0.05) is 67.1 Å². The molecule has 0 saturated carbocycles. The smallest absolute Gasteiger partial charge is 0.0410 e. The summed E-state index contributed by atoms with van der Waals surface area (Å²) in [4.78, 5) is 0. The molecule has 0 aliphatic rings. The third kappa shape index (κ3) is 5.45. The first-order chi connectivity index (χ1) is 9.12. The average molecular weight is 347 g/mol. The van der Waals surface area contributed by atoms with Gasteiger partial charge in [0.05, 0.1) is 0 Å². The quantitative estimate of drug-likeness (QED) is 0.611. The van der Waals surface area contributed by atoms with Gasteiger partial charge in [-0.3, -0.25) is 0 Å². The summed E-state index contributed by atoms with van der Waals surface area (Å²) in [7, 11) is 2.03. The highest BCUT2D eigenvalue weighted by Crippen LogP contribution is 2.32. The molecule has 1 rings (SSSR count). The Bertz CT molecular complexity index is 381. The lowest BCUT2D eigenvalue weighted by molar-refractivity contribution is 0.364. The first-order valence-corrected chi connectivity index (χ1v) is 8.41. The van der Waals surface area contributed by atoms with E-state index in [1.165, 1.54) is 37.7 Å². The van der Waals surface area contributed by atoms with Crippen LogP contribution in [0.3, 0.4) is 0 Å². The van der Waals surface area contributed by atoms with Crippen LogP contribution in [0.25, 0.3) is 0 Å². The Morgan fingerprint density at radius 2 is 2.05 bits per heavy atom. The zero-order chi connectivity index (χ0) is 14.3. The Hall–Kier alpha value is -0.0500. The highest BCUT2D eigenvalue weighted by Gasteiger charge is 2.17. The Morgan fingerprint density at radius 1 is 1.32 bits per heavy atom. The van der Waals surface area contributed by atoms with Crippen molar-refractivity contribution in [1.29, 1.82) is 0 Å². The van der Waals surface area contributed by atoms with Gasteiger partial charge in [0.1, 0.15) is 0 Å². The normalized spacial score (nSPS) is 14.4. The van der Waals surface area contributed by atoms with Crippen molar-refractivity contribution >= 4 is 27.5 Å². The van der Waals surface area contributed by atoms with Crippen LogP contribution in [0.4, 0.5) is 0 Å². The van der Waals surface area contributed by atoms with Crippen molar-refractivity contribution in [2.75, 3.05) is 7.05 Å². The van der Waals surface area contributed by atoms with E-state index in [-0.39, 0.29) is 0 Å². The summed E-state index contributed by atoms with van der Waals surface area (Å²) >= 11 is 9.76. The Kier molecular flexibility index (Phi) is 8.05. The minimum atomic E-state index is 0.370. The molecule has 0 saturated heterocycles. The molecule has 0 amide bonds. The molecule has 1 aromatic carbocycles. The topological polar surface area (TPSA) is 12.0 Å². The lowest BCUT2D eigenvalue weighted by Gasteiger charge is -2.24. The van der Waals surface area contributed by atoms with Gasteiger partial charge < -0.3 is 5.32 Å². The van der Waals surface area contributed by atoms with Crippen LogP contribution < -0.4 is 5.32 Å². The number of hydrogen-bond donors (Lipinski definition) is 1. The van der Waals surface area contributed by atoms with Crippen molar-refractivity contribution in [3.8, 4) is 0 Å². The Labute approximate surface area is 131 Å². The summed E-state index contributed by atoms with van der Waals surface area (Å²) in [6.07, 6.45) is 6.35. The van der Waals surface area contributed by atoms with Crippen molar-refractivity contribution in [3.05, 3.63) is 33.3 Å². The van der Waals surface area contributed by atoms with Crippen LogP contribution >= 0.6 is 27.5 Å². The molecule has 2 atom stereocenters. The van der Waals surface area contributed by atoms with Crippen molar-refractivity contribution in [2.45, 2.75) is 52.0 Å². The molecule has 0 aliphatic heterocycles. The molecule has 0 spiro atoms. The van der Waals surface area contributed by atoms with E-state index in [0.717, 1.165) is 15.4 Å². The number of hydrogen-bond acceptors (Lipinski definition) is 1. The second-order valence-corrected chi connectivity index (χ2v) is 6.45. The third-order valence-electron chi connectivity index (χ3n) is 3.79. The second-order valence-electron chi connectivity index (χ2n) is 5.16. The lowest BCUT2D eigenvalue weighted by Crippen LogP contribution is -2.20. The molecule has 0 bridgehead atoms. The molecule has 3 heteroatoms. The van der Waals surface area contributed by atoms with E-state index in [0.29, 0.717) is 6.04 Å². The minimum Gasteiger partial charge on any atom is -0.313 e. The SMILES string of the molecule is CCCCC(CC)CC(NC)c1cc(Cl)ccc1Br. The highest BCUT2D eigenvalue weighted by molar-refractivity contribution is 9.10. The number of benzene rings is 1. The summed E-state index contributed by atoms with van der Waals surface area (Å²) in [6.45, 7) is 4.55. The van der Waals surface area contributed by atoms with E-state index >= 15 is 0 Å². The molecule has 0 aromatic heterocycles. The monoisotopic (exact) mass is 345 g/mol. The Balaban J connectivity index is 2.78. The summed E-state index contributed by atoms with van der Waals surface area (Å²) in [5.74, 6) is 0.781. The third-order valence-corrected chi connectivity index (χ3v) is 4.75. The minimum absolute atomic E-state index is 0.370. The van der Waals surface area contributed by atoms with E-state index in [1.807, 2.05) is 19.2 Å². The Morgan fingerprint density at radius 3 is 2.63 bits per heavy atom. The van der Waals surface area contributed by atoms with Crippen LogP contribution in [-0.2, 0) is 0 Å². The lowest BCUT2D eigenvalue weighted by atomic mass is 9.89. The summed E-state index contributed by atoms with van der Waals surface area (Å²) < 4.78 is 1.14. The molecule has 2 unspecified atom stereocenters. The van der Waals surface area contributed by atoms with Gasteiger partial charge in [0, 0.05) is 15.5 Å². The van der Waals surface area contributed by atoms with Gasteiger partial charge >= 0.3 is 0 Å². The highest BCUT2D eigenvalue weighted by atomic mass is 79.9. The van der Waals surface area contributed by atoms with Gasteiger partial charge in [0.25, 0.3) is 0 Å². The van der Waals surface area contributed by atoms with E-state index in [2.05, 4.69) is 41.2 Å². The van der Waals surface area contributed by atoms with Gasteiger partial charge in [-0.25, -0.2) is 0 Å². The van der Waals surface area contributed by atoms with Gasteiger partial charge in [0.15, 0.2) is 0 Å². The fourth-order valence-corrected chi connectivity index (χ4v) is 3.20. The molecule has 1 N–H and O–H groups in total. The number of halogens is 2. The molecule has 108 valence electrons. The van der Waals surface area contributed by atoms with Crippen molar-refractivity contribution in [2.24, 2.45) is 5.92 Å². The van der Waals surface area contributed by atoms with Gasteiger partial charge in [-0.05, 0) is 43.1 Å². The van der Waals surface area contributed by atoms with Crippen molar-refractivity contribution in [3.63, 3.8) is 0 Å². The molecule has 0 fully saturated rings. The number of unbranched alkanes of at least 4 members (excludes halogenated alkanes) is 1.